The Bertz CT molecular complexity index is 722. The number of benzene rings is 2. The van der Waals surface area contributed by atoms with Gasteiger partial charge in [-0.3, -0.25) is 0 Å². The fourth-order valence-electron chi connectivity index (χ4n) is 1.76. The smallest absolute Gasteiger partial charge is 0.189 e. The van der Waals surface area contributed by atoms with Crippen molar-refractivity contribution in [3.63, 3.8) is 0 Å². The van der Waals surface area contributed by atoms with Gasteiger partial charge in [-0.25, -0.2) is 0 Å². The van der Waals surface area contributed by atoms with E-state index in [1.54, 1.807) is 6.07 Å². The Morgan fingerprint density at radius 2 is 1.50 bits per heavy atom. The van der Waals surface area contributed by atoms with Crippen molar-refractivity contribution in [2.45, 2.75) is 11.1 Å². The highest BCUT2D eigenvalue weighted by molar-refractivity contribution is 7.86. The average Bonchev–Trinajstić information content (AvgIpc) is 2.37. The van der Waals surface area contributed by atoms with E-state index in [0.29, 0.717) is 18.2 Å². The Morgan fingerprint density at radius 1 is 0.900 bits per heavy atom. The molecule has 0 saturated carbocycles. The van der Waals surface area contributed by atoms with Gasteiger partial charge in [-0.05, 0) is 23.8 Å². The molecule has 0 bridgehead atoms. The summed E-state index contributed by atoms with van der Waals surface area (Å²) >= 11 is 0. The molecule has 2 rings (SSSR count). The third-order valence-electron chi connectivity index (χ3n) is 2.65. The van der Waals surface area contributed by atoms with E-state index in [1.807, 2.05) is 0 Å². The summed E-state index contributed by atoms with van der Waals surface area (Å²) < 4.78 is 73.3. The summed E-state index contributed by atoms with van der Waals surface area (Å²) in [5.74, 6) is 0. The van der Waals surface area contributed by atoms with Gasteiger partial charge in [-0.1, -0.05) is 30.3 Å². The largest absolute Gasteiger partial charge is 0.416 e. The lowest BCUT2D eigenvalue weighted by molar-refractivity contribution is -0.137. The van der Waals surface area contributed by atoms with E-state index in [9.17, 15) is 25.5 Å². The van der Waals surface area contributed by atoms with Crippen molar-refractivity contribution in [1.29, 1.82) is 0 Å². The van der Waals surface area contributed by atoms with Crippen LogP contribution < -0.4 is 0 Å². The minimum Gasteiger partial charge on any atom is -0.189 e. The summed E-state index contributed by atoms with van der Waals surface area (Å²) in [6.45, 7) is 0. The number of alkyl halides is 3. The summed E-state index contributed by atoms with van der Waals surface area (Å²) in [6.07, 6.45) is -4.64. The first-order valence-corrected chi connectivity index (χ1v) is 6.79. The predicted molar refractivity (Wildman–Crippen MR) is 65.2 cm³/mol. The summed E-state index contributed by atoms with van der Waals surface area (Å²) in [5.41, 5.74) is -1.17. The Labute approximate surface area is 112 Å². The topological polar surface area (TPSA) is 34.1 Å². The first-order chi connectivity index (χ1) is 9.19. The third kappa shape index (κ3) is 2.98. The van der Waals surface area contributed by atoms with Crippen LogP contribution in [0.4, 0.5) is 17.1 Å². The molecule has 2 aromatic rings. The SMILES string of the molecule is O=S(=O)(F)c1ccc(C(F)(F)F)cc1-c1ccccc1. The van der Waals surface area contributed by atoms with Crippen molar-refractivity contribution >= 4 is 10.2 Å². The molecule has 106 valence electrons. The molecule has 0 N–H and O–H groups in total. The summed E-state index contributed by atoms with van der Waals surface area (Å²) in [5, 5.41) is 0. The van der Waals surface area contributed by atoms with Gasteiger partial charge in [-0.15, -0.1) is 3.89 Å². The molecule has 0 spiro atoms. The van der Waals surface area contributed by atoms with Gasteiger partial charge in [-0.2, -0.15) is 21.6 Å². The highest BCUT2D eigenvalue weighted by Crippen LogP contribution is 2.36. The molecule has 7 heteroatoms. The molecule has 2 aromatic carbocycles. The van der Waals surface area contributed by atoms with E-state index < -0.39 is 26.9 Å². The van der Waals surface area contributed by atoms with Crippen LogP contribution in [0.1, 0.15) is 5.56 Å². The standard InChI is InChI=1S/C13H8F4O2S/c14-13(15,16)10-6-7-12(20(17,18)19)11(8-10)9-4-2-1-3-5-9/h1-8H. The van der Waals surface area contributed by atoms with Crippen LogP contribution in [-0.4, -0.2) is 8.42 Å². The van der Waals surface area contributed by atoms with Crippen molar-refractivity contribution in [3.8, 4) is 11.1 Å². The van der Waals surface area contributed by atoms with E-state index in [4.69, 9.17) is 0 Å². The number of hydrogen-bond donors (Lipinski definition) is 0. The Hall–Kier alpha value is -1.89. The van der Waals surface area contributed by atoms with Crippen molar-refractivity contribution in [2.24, 2.45) is 0 Å². The summed E-state index contributed by atoms with van der Waals surface area (Å²) in [4.78, 5) is -0.781. The van der Waals surface area contributed by atoms with E-state index in [0.717, 1.165) is 0 Å². The first kappa shape index (κ1) is 14.5. The monoisotopic (exact) mass is 304 g/mol. The normalized spacial score (nSPS) is 12.4. The van der Waals surface area contributed by atoms with Crippen LogP contribution in [0.2, 0.25) is 0 Å². The fraction of sp³-hybridized carbons (Fsp3) is 0.0769. The second kappa shape index (κ2) is 4.90. The lowest BCUT2D eigenvalue weighted by atomic mass is 10.0. The van der Waals surface area contributed by atoms with Crippen LogP contribution in [0.3, 0.4) is 0 Å². The Kier molecular flexibility index (Phi) is 3.56. The average molecular weight is 304 g/mol. The molecule has 0 radical (unpaired) electrons. The molecule has 0 saturated heterocycles. The molecule has 0 aliphatic rings. The van der Waals surface area contributed by atoms with Gasteiger partial charge in [0.1, 0.15) is 4.90 Å². The van der Waals surface area contributed by atoms with Crippen LogP contribution in [0.15, 0.2) is 53.4 Å². The highest BCUT2D eigenvalue weighted by atomic mass is 32.3. The molecular formula is C13H8F4O2S. The van der Waals surface area contributed by atoms with E-state index in [2.05, 4.69) is 0 Å². The maximum Gasteiger partial charge on any atom is 0.416 e. The molecule has 0 aromatic heterocycles. The second-order valence-corrected chi connectivity index (χ2v) is 5.33. The zero-order chi connectivity index (χ0) is 15.0. The lowest BCUT2D eigenvalue weighted by Crippen LogP contribution is -2.06. The number of halogens is 4. The lowest BCUT2D eigenvalue weighted by Gasteiger charge is -2.11. The Balaban J connectivity index is 2.74. The molecule has 0 aliphatic carbocycles. The maximum atomic E-state index is 13.2. The zero-order valence-electron chi connectivity index (χ0n) is 9.86. The van der Waals surface area contributed by atoms with E-state index in [-0.39, 0.29) is 11.1 Å². The van der Waals surface area contributed by atoms with Gasteiger partial charge < -0.3 is 0 Å². The molecule has 0 fully saturated rings. The predicted octanol–water partition coefficient (Wildman–Crippen LogP) is 4.03. The summed E-state index contributed by atoms with van der Waals surface area (Å²) in [7, 11) is -5.11. The molecule has 2 nitrogen and oxygen atoms in total. The zero-order valence-corrected chi connectivity index (χ0v) is 10.7. The second-order valence-electron chi connectivity index (χ2n) is 4.01. The van der Waals surface area contributed by atoms with E-state index >= 15 is 0 Å². The van der Waals surface area contributed by atoms with Gasteiger partial charge in [0.15, 0.2) is 0 Å². The van der Waals surface area contributed by atoms with Gasteiger partial charge >= 0.3 is 16.4 Å². The van der Waals surface area contributed by atoms with Crippen molar-refractivity contribution in [3.05, 3.63) is 54.1 Å². The fourth-order valence-corrected chi connectivity index (χ4v) is 2.43. The van der Waals surface area contributed by atoms with Crippen LogP contribution in [0.25, 0.3) is 11.1 Å². The number of hydrogen-bond acceptors (Lipinski definition) is 2. The molecular weight excluding hydrogens is 296 g/mol. The van der Waals surface area contributed by atoms with Crippen LogP contribution in [0, 0.1) is 0 Å². The molecule has 0 amide bonds. The van der Waals surface area contributed by atoms with Crippen LogP contribution in [-0.2, 0) is 16.4 Å². The maximum absolute atomic E-state index is 13.2. The van der Waals surface area contributed by atoms with Gasteiger partial charge in [0.25, 0.3) is 0 Å². The molecule has 20 heavy (non-hydrogen) atoms. The van der Waals surface area contributed by atoms with Gasteiger partial charge in [0.2, 0.25) is 0 Å². The molecule has 0 aliphatic heterocycles. The first-order valence-electron chi connectivity index (χ1n) is 5.41. The number of rotatable bonds is 2. The molecule has 0 unspecified atom stereocenters. The van der Waals surface area contributed by atoms with Crippen molar-refractivity contribution in [1.82, 2.24) is 0 Å². The summed E-state index contributed by atoms with van der Waals surface area (Å²) in [6, 6.07) is 9.25. The van der Waals surface area contributed by atoms with Crippen LogP contribution >= 0.6 is 0 Å². The minimum absolute atomic E-state index is 0.190. The van der Waals surface area contributed by atoms with Crippen LogP contribution in [0.5, 0.6) is 0 Å². The van der Waals surface area contributed by atoms with Crippen molar-refractivity contribution < 1.29 is 25.5 Å². The molecule has 0 atom stereocenters. The van der Waals surface area contributed by atoms with E-state index in [1.165, 1.54) is 24.3 Å². The van der Waals surface area contributed by atoms with Gasteiger partial charge in [0.05, 0.1) is 5.56 Å². The Morgan fingerprint density at radius 3 is 2.00 bits per heavy atom. The van der Waals surface area contributed by atoms with Crippen molar-refractivity contribution in [2.75, 3.05) is 0 Å². The minimum atomic E-state index is -5.11. The highest BCUT2D eigenvalue weighted by Gasteiger charge is 2.32. The third-order valence-corrected chi connectivity index (χ3v) is 3.54. The van der Waals surface area contributed by atoms with Gasteiger partial charge in [0, 0.05) is 5.56 Å². The molecule has 0 heterocycles. The quantitative estimate of drug-likeness (QED) is 0.620.